The highest BCUT2D eigenvalue weighted by Gasteiger charge is 2.33. The van der Waals surface area contributed by atoms with Crippen LogP contribution in [0.3, 0.4) is 0 Å². The monoisotopic (exact) mass is 334 g/mol. The van der Waals surface area contributed by atoms with Crippen LogP contribution in [0.1, 0.15) is 39.5 Å². The maximum Gasteiger partial charge on any atom is 0.165 e. The summed E-state index contributed by atoms with van der Waals surface area (Å²) in [6.45, 7) is 7.17. The Morgan fingerprint density at radius 3 is 2.38 bits per heavy atom. The van der Waals surface area contributed by atoms with Gasteiger partial charge in [0.1, 0.15) is 7.05 Å². The lowest BCUT2D eigenvalue weighted by molar-refractivity contribution is -0.572. The summed E-state index contributed by atoms with van der Waals surface area (Å²) in [6, 6.07) is 0. The number of rotatable bonds is 1. The van der Waals surface area contributed by atoms with Crippen molar-refractivity contribution in [1.29, 1.82) is 0 Å². The maximum absolute atomic E-state index is 2.58. The fourth-order valence-corrected chi connectivity index (χ4v) is 2.42. The Labute approximate surface area is 116 Å². The molecule has 2 rings (SSSR count). The van der Waals surface area contributed by atoms with Gasteiger partial charge in [-0.05, 0) is 19.3 Å². The number of halogens is 1. The third kappa shape index (κ3) is 2.99. The van der Waals surface area contributed by atoms with Gasteiger partial charge in [0.25, 0.3) is 0 Å². The summed E-state index contributed by atoms with van der Waals surface area (Å²) in [5.74, 6) is 0. The van der Waals surface area contributed by atoms with Gasteiger partial charge in [0.15, 0.2) is 11.8 Å². The van der Waals surface area contributed by atoms with Crippen LogP contribution in [0.5, 0.6) is 0 Å². The van der Waals surface area contributed by atoms with Crippen molar-refractivity contribution >= 4 is 6.21 Å². The Bertz CT molecular complexity index is 299. The zero-order valence-corrected chi connectivity index (χ0v) is 12.8. The van der Waals surface area contributed by atoms with Crippen LogP contribution < -0.4 is 24.0 Å². The highest BCUT2D eigenvalue weighted by molar-refractivity contribution is 5.68. The molecule has 1 fully saturated rings. The first-order chi connectivity index (χ1) is 7.09. The van der Waals surface area contributed by atoms with Crippen molar-refractivity contribution in [1.82, 2.24) is 4.90 Å². The molecule has 0 atom stereocenters. The molecule has 0 amide bonds. The molecule has 0 bridgehead atoms. The second-order valence-corrected chi connectivity index (χ2v) is 5.45. The second kappa shape index (κ2) is 5.52. The molecule has 0 saturated carbocycles. The zero-order valence-electron chi connectivity index (χ0n) is 10.7. The number of hydrogen-bond acceptors (Lipinski definition) is 1. The number of nitrogens with zero attached hydrogens (tertiary/aromatic N) is 2. The molecule has 2 aliphatic heterocycles. The Hall–Kier alpha value is -0.0600. The van der Waals surface area contributed by atoms with Crippen LogP contribution in [-0.2, 0) is 0 Å². The topological polar surface area (TPSA) is 6.25 Å². The molecule has 0 spiro atoms. The average Bonchev–Trinajstić information content (AvgIpc) is 2.23. The van der Waals surface area contributed by atoms with E-state index in [1.54, 1.807) is 0 Å². The van der Waals surface area contributed by atoms with Crippen LogP contribution in [0.2, 0.25) is 0 Å². The largest absolute Gasteiger partial charge is 1.00 e. The highest BCUT2D eigenvalue weighted by Crippen LogP contribution is 2.26. The molecule has 1 saturated heterocycles. The average molecular weight is 334 g/mol. The minimum absolute atomic E-state index is 0. The smallest absolute Gasteiger partial charge is 0.165 e. The van der Waals surface area contributed by atoms with E-state index in [-0.39, 0.29) is 29.5 Å². The number of allylic oxidation sites excluding steroid dienone is 1. The van der Waals surface area contributed by atoms with Gasteiger partial charge >= 0.3 is 0 Å². The van der Waals surface area contributed by atoms with Crippen molar-refractivity contribution in [3.05, 3.63) is 11.8 Å². The summed E-state index contributed by atoms with van der Waals surface area (Å²) >= 11 is 0. The molecule has 0 radical (unpaired) electrons. The Balaban J connectivity index is 0.00000128. The third-order valence-electron chi connectivity index (χ3n) is 3.82. The molecule has 2 heterocycles. The van der Waals surface area contributed by atoms with Gasteiger partial charge in [-0.1, -0.05) is 0 Å². The minimum Gasteiger partial charge on any atom is -1.00 e. The molecule has 0 aromatic rings. The fourth-order valence-electron chi connectivity index (χ4n) is 2.42. The Morgan fingerprint density at radius 1 is 1.19 bits per heavy atom. The summed E-state index contributed by atoms with van der Waals surface area (Å²) in [6.07, 6.45) is 9.86. The van der Waals surface area contributed by atoms with E-state index in [1.165, 1.54) is 44.5 Å². The number of piperidine rings is 1. The van der Waals surface area contributed by atoms with Gasteiger partial charge in [-0.25, -0.2) is 4.58 Å². The molecule has 0 aliphatic carbocycles. The van der Waals surface area contributed by atoms with E-state index < -0.39 is 0 Å². The van der Waals surface area contributed by atoms with Crippen molar-refractivity contribution in [3.63, 3.8) is 0 Å². The minimum atomic E-state index is 0. The molecule has 2 aliphatic rings. The van der Waals surface area contributed by atoms with Crippen LogP contribution in [0.15, 0.2) is 11.8 Å². The van der Waals surface area contributed by atoms with E-state index in [9.17, 15) is 0 Å². The maximum atomic E-state index is 2.58. The summed E-state index contributed by atoms with van der Waals surface area (Å²) in [5.41, 5.74) is 1.82. The van der Waals surface area contributed by atoms with Crippen LogP contribution in [-0.4, -0.2) is 41.4 Å². The summed E-state index contributed by atoms with van der Waals surface area (Å²) in [5, 5.41) is 0. The third-order valence-corrected chi connectivity index (χ3v) is 3.82. The fraction of sp³-hybridized carbons (Fsp3) is 0.769. The van der Waals surface area contributed by atoms with Crippen LogP contribution >= 0.6 is 0 Å². The predicted molar refractivity (Wildman–Crippen MR) is 64.5 cm³/mol. The molecule has 2 nitrogen and oxygen atoms in total. The highest BCUT2D eigenvalue weighted by atomic mass is 127. The van der Waals surface area contributed by atoms with Gasteiger partial charge in [0.2, 0.25) is 0 Å². The van der Waals surface area contributed by atoms with Crippen molar-refractivity contribution in [2.45, 2.75) is 45.1 Å². The van der Waals surface area contributed by atoms with Crippen molar-refractivity contribution in [2.24, 2.45) is 0 Å². The van der Waals surface area contributed by atoms with E-state index in [2.05, 4.69) is 42.7 Å². The van der Waals surface area contributed by atoms with Gasteiger partial charge in [-0.3, -0.25) is 0 Å². The summed E-state index contributed by atoms with van der Waals surface area (Å²) in [7, 11) is 2.17. The van der Waals surface area contributed by atoms with Crippen LogP contribution in [0, 0.1) is 0 Å². The van der Waals surface area contributed by atoms with Gasteiger partial charge in [0, 0.05) is 38.7 Å². The molecule has 16 heavy (non-hydrogen) atoms. The van der Waals surface area contributed by atoms with E-state index >= 15 is 0 Å². The number of hydrogen-bond donors (Lipinski definition) is 0. The second-order valence-electron chi connectivity index (χ2n) is 5.45. The lowest BCUT2D eigenvalue weighted by Crippen LogP contribution is -3.00. The first-order valence-electron chi connectivity index (χ1n) is 6.11. The van der Waals surface area contributed by atoms with Crippen molar-refractivity contribution in [3.8, 4) is 0 Å². The SMILES string of the molecule is C[N+]1=CC=C(N2CCCCC2)CC1(C)C.[I-]. The molecule has 0 aromatic carbocycles. The van der Waals surface area contributed by atoms with E-state index in [0.29, 0.717) is 0 Å². The first kappa shape index (κ1) is 14.0. The number of likely N-dealkylation sites (tertiary alicyclic amines) is 1. The van der Waals surface area contributed by atoms with Crippen molar-refractivity contribution < 1.29 is 28.6 Å². The molecule has 3 heteroatoms. The Morgan fingerprint density at radius 2 is 1.81 bits per heavy atom. The Kier molecular flexibility index (Phi) is 4.83. The molecule has 92 valence electrons. The van der Waals surface area contributed by atoms with Gasteiger partial charge in [0.05, 0.1) is 6.42 Å². The van der Waals surface area contributed by atoms with Crippen LogP contribution in [0.4, 0.5) is 0 Å². The van der Waals surface area contributed by atoms with Crippen LogP contribution in [0.25, 0.3) is 0 Å². The molecule has 0 unspecified atom stereocenters. The quantitative estimate of drug-likeness (QED) is 0.452. The standard InChI is InChI=1S/C13H23N2.HI/c1-13(2)11-12(7-10-14(13)3)15-8-5-4-6-9-15;/h7,10H,4-6,8-9,11H2,1-3H3;1H/q+1;/p-1. The van der Waals surface area contributed by atoms with Gasteiger partial charge < -0.3 is 28.9 Å². The lowest BCUT2D eigenvalue weighted by atomic mass is 9.94. The summed E-state index contributed by atoms with van der Waals surface area (Å²) in [4.78, 5) is 2.58. The van der Waals surface area contributed by atoms with E-state index in [4.69, 9.17) is 0 Å². The lowest BCUT2D eigenvalue weighted by Gasteiger charge is -2.35. The normalized spacial score (nSPS) is 24.3. The van der Waals surface area contributed by atoms with Gasteiger partial charge in [-0.2, -0.15) is 0 Å². The van der Waals surface area contributed by atoms with Crippen molar-refractivity contribution in [2.75, 3.05) is 20.1 Å². The molecule has 0 aromatic heterocycles. The van der Waals surface area contributed by atoms with Gasteiger partial charge in [-0.15, -0.1) is 0 Å². The molecule has 0 N–H and O–H groups in total. The summed E-state index contributed by atoms with van der Waals surface area (Å²) < 4.78 is 2.32. The molecular formula is C13H23IN2. The van der Waals surface area contributed by atoms with E-state index in [0.717, 1.165) is 0 Å². The predicted octanol–water partition coefficient (Wildman–Crippen LogP) is -0.744. The first-order valence-corrected chi connectivity index (χ1v) is 6.11. The van der Waals surface area contributed by atoms with E-state index in [1.807, 2.05) is 0 Å². The molecular weight excluding hydrogens is 311 g/mol. The zero-order chi connectivity index (χ0) is 10.9.